The molecule has 126 valence electrons. The van der Waals surface area contributed by atoms with Crippen molar-refractivity contribution in [3.63, 3.8) is 0 Å². The predicted octanol–water partition coefficient (Wildman–Crippen LogP) is 3.94. The van der Waals surface area contributed by atoms with E-state index in [1.807, 2.05) is 60.7 Å². The summed E-state index contributed by atoms with van der Waals surface area (Å²) >= 11 is 0. The summed E-state index contributed by atoms with van der Waals surface area (Å²) in [5, 5.41) is 0. The van der Waals surface area contributed by atoms with Crippen LogP contribution in [0.4, 0.5) is 11.4 Å². The molecule has 0 unspecified atom stereocenters. The fourth-order valence-electron chi connectivity index (χ4n) is 3.21. The minimum absolute atomic E-state index is 0.704. The van der Waals surface area contributed by atoms with Gasteiger partial charge in [-0.05, 0) is 36.4 Å². The first-order valence-corrected chi connectivity index (χ1v) is 8.28. The van der Waals surface area contributed by atoms with Gasteiger partial charge in [0, 0.05) is 22.5 Å². The Bertz CT molecular complexity index is 1170. The van der Waals surface area contributed by atoms with Crippen LogP contribution in [-0.2, 0) is 0 Å². The Morgan fingerprint density at radius 1 is 0.615 bits per heavy atom. The Labute approximate surface area is 148 Å². The third-order valence-corrected chi connectivity index (χ3v) is 4.45. The van der Waals surface area contributed by atoms with Crippen molar-refractivity contribution < 1.29 is 0 Å². The number of hydrogen-bond acceptors (Lipinski definition) is 4. The fraction of sp³-hybridized carbons (Fsp3) is 0. The SMILES string of the molecule is Nc1ccc2nc(-c3ccccc3-c3nc4ccc(N)cc4[nH]3)[nH]c2c1. The van der Waals surface area contributed by atoms with Gasteiger partial charge in [0.2, 0.25) is 0 Å². The third kappa shape index (κ3) is 2.28. The van der Waals surface area contributed by atoms with Crippen molar-refractivity contribution in [1.29, 1.82) is 0 Å². The molecule has 0 aliphatic carbocycles. The highest BCUT2D eigenvalue weighted by molar-refractivity contribution is 5.88. The summed E-state index contributed by atoms with van der Waals surface area (Å²) in [5.74, 6) is 1.56. The molecule has 0 saturated carbocycles. The van der Waals surface area contributed by atoms with Crippen LogP contribution in [0, 0.1) is 0 Å². The molecule has 0 spiro atoms. The molecule has 0 bridgehead atoms. The standard InChI is InChI=1S/C20H16N6/c21-11-5-7-15-17(9-11)25-19(23-15)13-3-1-2-4-14(13)20-24-16-8-6-12(22)10-18(16)26-20/h1-10H,21-22H2,(H,23,25)(H,24,26). The Hall–Kier alpha value is -3.80. The average Bonchev–Trinajstić information content (AvgIpc) is 3.24. The monoisotopic (exact) mass is 340 g/mol. The van der Waals surface area contributed by atoms with Crippen LogP contribution in [0.1, 0.15) is 0 Å². The van der Waals surface area contributed by atoms with E-state index in [4.69, 9.17) is 21.4 Å². The molecule has 2 heterocycles. The highest BCUT2D eigenvalue weighted by atomic mass is 14.9. The van der Waals surface area contributed by atoms with E-state index in [0.29, 0.717) is 11.4 Å². The Morgan fingerprint density at radius 2 is 1.08 bits per heavy atom. The molecule has 0 atom stereocenters. The van der Waals surface area contributed by atoms with Gasteiger partial charge in [-0.25, -0.2) is 9.97 Å². The van der Waals surface area contributed by atoms with E-state index < -0.39 is 0 Å². The van der Waals surface area contributed by atoms with Gasteiger partial charge >= 0.3 is 0 Å². The first-order chi connectivity index (χ1) is 12.7. The molecule has 0 fully saturated rings. The topological polar surface area (TPSA) is 109 Å². The number of fused-ring (bicyclic) bond motifs is 2. The number of benzene rings is 3. The van der Waals surface area contributed by atoms with Crippen molar-refractivity contribution in [3.8, 4) is 22.8 Å². The van der Waals surface area contributed by atoms with Crippen molar-refractivity contribution in [2.24, 2.45) is 0 Å². The van der Waals surface area contributed by atoms with Crippen LogP contribution in [0.25, 0.3) is 44.8 Å². The number of aromatic amines is 2. The van der Waals surface area contributed by atoms with E-state index in [-0.39, 0.29) is 0 Å². The van der Waals surface area contributed by atoms with Crippen molar-refractivity contribution in [2.75, 3.05) is 11.5 Å². The number of nitrogen functional groups attached to an aromatic ring is 2. The quantitative estimate of drug-likeness (QED) is 0.365. The summed E-state index contributed by atoms with van der Waals surface area (Å²) < 4.78 is 0. The zero-order valence-corrected chi connectivity index (χ0v) is 13.8. The molecule has 0 aliphatic heterocycles. The number of nitrogens with two attached hydrogens (primary N) is 2. The molecule has 0 aliphatic rings. The first-order valence-electron chi connectivity index (χ1n) is 8.28. The lowest BCUT2D eigenvalue weighted by atomic mass is 10.1. The van der Waals surface area contributed by atoms with Crippen LogP contribution in [0.3, 0.4) is 0 Å². The maximum atomic E-state index is 5.88. The molecular weight excluding hydrogens is 324 g/mol. The Kier molecular flexibility index (Phi) is 2.99. The van der Waals surface area contributed by atoms with Crippen LogP contribution in [0.15, 0.2) is 60.7 Å². The van der Waals surface area contributed by atoms with Gasteiger partial charge in [-0.2, -0.15) is 0 Å². The summed E-state index contributed by atoms with van der Waals surface area (Å²) in [6, 6.07) is 19.3. The van der Waals surface area contributed by atoms with Gasteiger partial charge in [-0.1, -0.05) is 24.3 Å². The Balaban J connectivity index is 1.70. The maximum Gasteiger partial charge on any atom is 0.139 e. The van der Waals surface area contributed by atoms with E-state index in [0.717, 1.165) is 44.8 Å². The van der Waals surface area contributed by atoms with Gasteiger partial charge < -0.3 is 21.4 Å². The molecule has 6 nitrogen and oxygen atoms in total. The zero-order chi connectivity index (χ0) is 17.7. The second kappa shape index (κ2) is 5.35. The number of hydrogen-bond donors (Lipinski definition) is 4. The zero-order valence-electron chi connectivity index (χ0n) is 13.8. The van der Waals surface area contributed by atoms with Crippen molar-refractivity contribution in [3.05, 3.63) is 60.7 Å². The van der Waals surface area contributed by atoms with Crippen LogP contribution in [-0.4, -0.2) is 19.9 Å². The number of anilines is 2. The second-order valence-corrected chi connectivity index (χ2v) is 6.27. The molecule has 5 rings (SSSR count). The van der Waals surface area contributed by atoms with Crippen molar-refractivity contribution in [2.45, 2.75) is 0 Å². The summed E-state index contributed by atoms with van der Waals surface area (Å²) in [4.78, 5) is 16.1. The molecule has 0 radical (unpaired) electrons. The normalized spacial score (nSPS) is 11.4. The van der Waals surface area contributed by atoms with Gasteiger partial charge in [-0.15, -0.1) is 0 Å². The minimum Gasteiger partial charge on any atom is -0.399 e. The summed E-state index contributed by atoms with van der Waals surface area (Å²) in [5.41, 5.74) is 18.7. The highest BCUT2D eigenvalue weighted by Crippen LogP contribution is 2.31. The largest absolute Gasteiger partial charge is 0.399 e. The molecule has 3 aromatic carbocycles. The molecule has 5 aromatic rings. The number of imidazole rings is 2. The van der Waals surface area contributed by atoms with Crippen LogP contribution >= 0.6 is 0 Å². The molecular formula is C20H16N6. The maximum absolute atomic E-state index is 5.88. The smallest absolute Gasteiger partial charge is 0.139 e. The van der Waals surface area contributed by atoms with E-state index in [1.165, 1.54) is 0 Å². The van der Waals surface area contributed by atoms with Crippen LogP contribution in [0.2, 0.25) is 0 Å². The van der Waals surface area contributed by atoms with Gasteiger partial charge in [-0.3, -0.25) is 0 Å². The summed E-state index contributed by atoms with van der Waals surface area (Å²) in [6.45, 7) is 0. The van der Waals surface area contributed by atoms with E-state index in [9.17, 15) is 0 Å². The molecule has 6 heteroatoms. The molecule has 0 saturated heterocycles. The lowest BCUT2D eigenvalue weighted by molar-refractivity contribution is 1.30. The number of rotatable bonds is 2. The van der Waals surface area contributed by atoms with Crippen molar-refractivity contribution in [1.82, 2.24) is 19.9 Å². The number of H-pyrrole nitrogens is 2. The number of nitrogens with zero attached hydrogens (tertiary/aromatic N) is 2. The fourth-order valence-corrected chi connectivity index (χ4v) is 3.21. The van der Waals surface area contributed by atoms with E-state index in [1.54, 1.807) is 0 Å². The third-order valence-electron chi connectivity index (χ3n) is 4.45. The number of aromatic nitrogens is 4. The van der Waals surface area contributed by atoms with Crippen LogP contribution in [0.5, 0.6) is 0 Å². The lowest BCUT2D eigenvalue weighted by Crippen LogP contribution is -1.88. The number of nitrogens with one attached hydrogen (secondary N) is 2. The second-order valence-electron chi connectivity index (χ2n) is 6.27. The van der Waals surface area contributed by atoms with Gasteiger partial charge in [0.15, 0.2) is 0 Å². The minimum atomic E-state index is 0.704. The Morgan fingerprint density at radius 3 is 1.54 bits per heavy atom. The van der Waals surface area contributed by atoms with Crippen LogP contribution < -0.4 is 11.5 Å². The first kappa shape index (κ1) is 14.5. The van der Waals surface area contributed by atoms with Gasteiger partial charge in [0.05, 0.1) is 22.1 Å². The summed E-state index contributed by atoms with van der Waals surface area (Å²) in [7, 11) is 0. The molecule has 2 aromatic heterocycles. The van der Waals surface area contributed by atoms with Gasteiger partial charge in [0.25, 0.3) is 0 Å². The van der Waals surface area contributed by atoms with E-state index >= 15 is 0 Å². The van der Waals surface area contributed by atoms with E-state index in [2.05, 4.69) is 9.97 Å². The highest BCUT2D eigenvalue weighted by Gasteiger charge is 2.14. The predicted molar refractivity (Wildman–Crippen MR) is 105 cm³/mol. The molecule has 26 heavy (non-hydrogen) atoms. The summed E-state index contributed by atoms with van der Waals surface area (Å²) in [6.07, 6.45) is 0. The van der Waals surface area contributed by atoms with Gasteiger partial charge in [0.1, 0.15) is 11.6 Å². The lowest BCUT2D eigenvalue weighted by Gasteiger charge is -2.04. The molecule has 6 N–H and O–H groups in total. The molecule has 0 amide bonds. The van der Waals surface area contributed by atoms with Crippen molar-refractivity contribution >= 4 is 33.4 Å². The average molecular weight is 340 g/mol.